The normalized spacial score (nSPS) is 11.0. The van der Waals surface area contributed by atoms with Gasteiger partial charge in [-0.1, -0.05) is 0 Å². The minimum Gasteiger partial charge on any atom is -0.480 e. The van der Waals surface area contributed by atoms with E-state index in [1.54, 1.807) is 23.5 Å². The molecule has 0 aromatic heterocycles. The van der Waals surface area contributed by atoms with E-state index in [9.17, 15) is 19.2 Å². The van der Waals surface area contributed by atoms with Gasteiger partial charge in [0.05, 0.1) is 26.2 Å². The third kappa shape index (κ3) is 16.0. The lowest BCUT2D eigenvalue weighted by molar-refractivity contribution is -0.143. The Morgan fingerprint density at radius 2 is 0.808 bits per heavy atom. The number of nitrogens with zero attached hydrogens (tertiary/aromatic N) is 2. The molecule has 0 saturated heterocycles. The van der Waals surface area contributed by atoms with E-state index < -0.39 is 23.9 Å². The van der Waals surface area contributed by atoms with Gasteiger partial charge in [0.15, 0.2) is 0 Å². The van der Waals surface area contributed by atoms with E-state index in [0.717, 1.165) is 11.5 Å². The zero-order valence-electron chi connectivity index (χ0n) is 14.2. The lowest BCUT2D eigenvalue weighted by Crippen LogP contribution is -2.36. The molecule has 0 unspecified atom stereocenters. The minimum absolute atomic E-state index is 0.315. The molecule has 0 atom stereocenters. The number of aliphatic carboxylic acids is 4. The van der Waals surface area contributed by atoms with E-state index in [1.165, 1.54) is 9.80 Å². The maximum absolute atomic E-state index is 10.7. The van der Waals surface area contributed by atoms with Crippen molar-refractivity contribution in [3.05, 3.63) is 0 Å². The van der Waals surface area contributed by atoms with Crippen LogP contribution in [-0.2, 0) is 19.2 Å². The van der Waals surface area contributed by atoms with Crippen molar-refractivity contribution >= 4 is 47.4 Å². The van der Waals surface area contributed by atoms with Crippen LogP contribution in [0.15, 0.2) is 0 Å². The van der Waals surface area contributed by atoms with Crippen LogP contribution in [-0.4, -0.2) is 116 Å². The quantitative estimate of drug-likeness (QED) is 0.225. The Balaban J connectivity index is 3.83. The summed E-state index contributed by atoms with van der Waals surface area (Å²) in [5.41, 5.74) is 0. The molecule has 0 radical (unpaired) electrons. The van der Waals surface area contributed by atoms with Crippen molar-refractivity contribution < 1.29 is 39.6 Å². The van der Waals surface area contributed by atoms with Crippen molar-refractivity contribution in [2.75, 3.05) is 62.3 Å². The molecule has 0 aliphatic heterocycles. The molecule has 0 rings (SSSR count). The van der Waals surface area contributed by atoms with Gasteiger partial charge in [0.2, 0.25) is 0 Å². The second kappa shape index (κ2) is 14.6. The smallest absolute Gasteiger partial charge is 0.317 e. The molecule has 0 fully saturated rings. The maximum Gasteiger partial charge on any atom is 0.317 e. The van der Waals surface area contributed by atoms with Crippen LogP contribution in [0, 0.1) is 0 Å². The number of hydrogen-bond acceptors (Lipinski definition) is 8. The second-order valence-corrected chi connectivity index (χ2v) is 7.67. The van der Waals surface area contributed by atoms with E-state index in [4.69, 9.17) is 20.4 Å². The summed E-state index contributed by atoms with van der Waals surface area (Å²) in [7, 11) is 0. The van der Waals surface area contributed by atoms with Crippen molar-refractivity contribution in [1.29, 1.82) is 0 Å². The zero-order chi connectivity index (χ0) is 19.9. The van der Waals surface area contributed by atoms with Gasteiger partial charge in [-0.05, 0) is 0 Å². The van der Waals surface area contributed by atoms with Crippen LogP contribution in [0.4, 0.5) is 0 Å². The number of carboxylic acid groups (broad SMARTS) is 4. The Hall–Kier alpha value is -1.50. The van der Waals surface area contributed by atoms with Crippen molar-refractivity contribution in [3.63, 3.8) is 0 Å². The predicted octanol–water partition coefficient (Wildman–Crippen LogP) is -0.605. The summed E-state index contributed by atoms with van der Waals surface area (Å²) in [4.78, 5) is 45.4. The molecular weight excluding hydrogens is 388 g/mol. The van der Waals surface area contributed by atoms with Gasteiger partial charge in [-0.25, -0.2) is 0 Å². The summed E-state index contributed by atoms with van der Waals surface area (Å²) < 4.78 is 0. The summed E-state index contributed by atoms with van der Waals surface area (Å²) >= 11 is 3.13. The summed E-state index contributed by atoms with van der Waals surface area (Å²) in [6.07, 6.45) is 0. The molecule has 0 bridgehead atoms. The third-order valence-corrected chi connectivity index (χ3v) is 5.10. The topological polar surface area (TPSA) is 156 Å². The van der Waals surface area contributed by atoms with E-state index in [1.807, 2.05) is 0 Å². The highest BCUT2D eigenvalue weighted by molar-refractivity contribution is 8.02. The fourth-order valence-corrected chi connectivity index (χ4v) is 4.03. The number of hydrogen-bond donors (Lipinski definition) is 4. The Kier molecular flexibility index (Phi) is 13.8. The SMILES string of the molecule is O=C(O)CN(CCSCCSCCN(CC(=O)O)CC(=O)O)CC(=O)O. The Bertz CT molecular complexity index is 404. The number of rotatable bonds is 17. The van der Waals surface area contributed by atoms with Crippen LogP contribution >= 0.6 is 23.5 Å². The first kappa shape index (κ1) is 24.5. The molecule has 0 saturated carbocycles. The van der Waals surface area contributed by atoms with Gasteiger partial charge in [0, 0.05) is 36.1 Å². The van der Waals surface area contributed by atoms with E-state index >= 15 is 0 Å². The average Bonchev–Trinajstić information content (AvgIpc) is 2.47. The molecule has 0 amide bonds. The average molecular weight is 412 g/mol. The first-order chi connectivity index (χ1) is 12.2. The standard InChI is InChI=1S/C14H24N2O8S2/c17-11(18)7-15(8-12(19)20)1-3-25-5-6-26-4-2-16(9-13(21)22)10-14(23)24/h1-10H2,(H,17,18)(H,19,20)(H,21,22)(H,23,24). The lowest BCUT2D eigenvalue weighted by Gasteiger charge is -2.18. The molecule has 0 heterocycles. The molecule has 0 spiro atoms. The molecule has 150 valence electrons. The van der Waals surface area contributed by atoms with Crippen LogP contribution in [0.25, 0.3) is 0 Å². The molecule has 10 nitrogen and oxygen atoms in total. The van der Waals surface area contributed by atoms with E-state index in [2.05, 4.69) is 0 Å². The molecular formula is C14H24N2O8S2. The van der Waals surface area contributed by atoms with Crippen LogP contribution in [0.3, 0.4) is 0 Å². The predicted molar refractivity (Wildman–Crippen MR) is 98.1 cm³/mol. The minimum atomic E-state index is -1.07. The van der Waals surface area contributed by atoms with Crippen LogP contribution < -0.4 is 0 Å². The fourth-order valence-electron chi connectivity index (χ4n) is 1.90. The van der Waals surface area contributed by atoms with Gasteiger partial charge >= 0.3 is 23.9 Å². The van der Waals surface area contributed by atoms with Crippen molar-refractivity contribution in [2.45, 2.75) is 0 Å². The monoisotopic (exact) mass is 412 g/mol. The van der Waals surface area contributed by atoms with Gasteiger partial charge in [-0.2, -0.15) is 23.5 Å². The molecule has 12 heteroatoms. The number of carboxylic acids is 4. The first-order valence-corrected chi connectivity index (χ1v) is 9.99. The van der Waals surface area contributed by atoms with Crippen LogP contribution in [0.5, 0.6) is 0 Å². The van der Waals surface area contributed by atoms with Crippen LogP contribution in [0.2, 0.25) is 0 Å². The summed E-state index contributed by atoms with van der Waals surface area (Å²) in [5.74, 6) is -1.53. The summed E-state index contributed by atoms with van der Waals surface area (Å²) in [6, 6.07) is 0. The van der Waals surface area contributed by atoms with Crippen molar-refractivity contribution in [2.24, 2.45) is 0 Å². The van der Waals surface area contributed by atoms with Gasteiger partial charge in [-0.3, -0.25) is 29.0 Å². The van der Waals surface area contributed by atoms with E-state index in [-0.39, 0.29) is 26.2 Å². The van der Waals surface area contributed by atoms with Gasteiger partial charge in [0.25, 0.3) is 0 Å². The lowest BCUT2D eigenvalue weighted by atomic mass is 10.4. The molecule has 26 heavy (non-hydrogen) atoms. The van der Waals surface area contributed by atoms with E-state index in [0.29, 0.717) is 24.6 Å². The highest BCUT2D eigenvalue weighted by atomic mass is 32.2. The highest BCUT2D eigenvalue weighted by Gasteiger charge is 2.14. The zero-order valence-corrected chi connectivity index (χ0v) is 15.8. The third-order valence-electron chi connectivity index (χ3n) is 2.91. The molecule has 0 aliphatic rings. The van der Waals surface area contributed by atoms with Gasteiger partial charge in [0.1, 0.15) is 0 Å². The van der Waals surface area contributed by atoms with Gasteiger partial charge < -0.3 is 20.4 Å². The molecule has 0 aromatic carbocycles. The molecule has 0 aliphatic carbocycles. The Morgan fingerprint density at radius 3 is 1.04 bits per heavy atom. The Labute approximate surface area is 159 Å². The highest BCUT2D eigenvalue weighted by Crippen LogP contribution is 2.08. The van der Waals surface area contributed by atoms with Gasteiger partial charge in [-0.15, -0.1) is 0 Å². The molecule has 0 aromatic rings. The van der Waals surface area contributed by atoms with Crippen molar-refractivity contribution in [1.82, 2.24) is 9.80 Å². The number of thioether (sulfide) groups is 2. The maximum atomic E-state index is 10.7. The summed E-state index contributed by atoms with van der Waals surface area (Å²) in [5, 5.41) is 34.9. The summed E-state index contributed by atoms with van der Waals surface area (Å²) in [6.45, 7) is -0.539. The molecule has 4 N–H and O–H groups in total. The fraction of sp³-hybridized carbons (Fsp3) is 0.714. The first-order valence-electron chi connectivity index (χ1n) is 7.68. The number of carbonyl (C=O) groups is 4. The largest absolute Gasteiger partial charge is 0.480 e. The van der Waals surface area contributed by atoms with Crippen molar-refractivity contribution in [3.8, 4) is 0 Å². The second-order valence-electron chi connectivity index (χ2n) is 5.22. The Morgan fingerprint density at radius 1 is 0.538 bits per heavy atom. The van der Waals surface area contributed by atoms with Crippen LogP contribution in [0.1, 0.15) is 0 Å².